The lowest BCUT2D eigenvalue weighted by atomic mass is 10.1. The molecule has 0 saturated heterocycles. The second-order valence-electron chi connectivity index (χ2n) is 7.15. The van der Waals surface area contributed by atoms with Crippen LogP contribution in [0, 0.1) is 19.8 Å². The fourth-order valence-corrected chi connectivity index (χ4v) is 2.69. The monoisotopic (exact) mass is 379 g/mol. The first-order chi connectivity index (χ1) is 13.4. The van der Waals surface area contributed by atoms with E-state index in [0.717, 1.165) is 23.4 Å². The number of tetrazole rings is 1. The van der Waals surface area contributed by atoms with Gasteiger partial charge in [0, 0.05) is 11.3 Å². The normalized spacial score (nSPS) is 10.9. The van der Waals surface area contributed by atoms with Crippen LogP contribution >= 0.6 is 0 Å². The van der Waals surface area contributed by atoms with Crippen molar-refractivity contribution in [3.8, 4) is 11.4 Å². The first kappa shape index (κ1) is 19.5. The van der Waals surface area contributed by atoms with Crippen LogP contribution in [0.5, 0.6) is 5.75 Å². The van der Waals surface area contributed by atoms with Gasteiger partial charge in [-0.15, -0.1) is 5.10 Å². The molecule has 0 aliphatic rings. The van der Waals surface area contributed by atoms with Crippen LogP contribution in [0.2, 0.25) is 0 Å². The van der Waals surface area contributed by atoms with E-state index < -0.39 is 0 Å². The summed E-state index contributed by atoms with van der Waals surface area (Å²) in [5.41, 5.74) is 3.08. The average molecular weight is 379 g/mol. The molecule has 3 rings (SSSR count). The van der Waals surface area contributed by atoms with Gasteiger partial charge in [0.25, 0.3) is 5.91 Å². The van der Waals surface area contributed by atoms with E-state index in [0.29, 0.717) is 29.6 Å². The van der Waals surface area contributed by atoms with Crippen molar-refractivity contribution in [2.45, 2.75) is 34.1 Å². The van der Waals surface area contributed by atoms with E-state index in [-0.39, 0.29) is 5.91 Å². The highest BCUT2D eigenvalue weighted by molar-refractivity contribution is 6.04. The fourth-order valence-electron chi connectivity index (χ4n) is 2.69. The summed E-state index contributed by atoms with van der Waals surface area (Å²) in [6.07, 6.45) is 0.999. The molecular weight excluding hydrogens is 354 g/mol. The van der Waals surface area contributed by atoms with Gasteiger partial charge in [-0.3, -0.25) is 4.79 Å². The topological polar surface area (TPSA) is 81.9 Å². The van der Waals surface area contributed by atoms with Gasteiger partial charge in [-0.1, -0.05) is 19.9 Å². The van der Waals surface area contributed by atoms with Gasteiger partial charge in [0.05, 0.1) is 12.3 Å². The van der Waals surface area contributed by atoms with Crippen molar-refractivity contribution in [2.24, 2.45) is 5.92 Å². The number of aromatic nitrogens is 4. The molecule has 0 radical (unpaired) electrons. The second-order valence-corrected chi connectivity index (χ2v) is 7.15. The maximum atomic E-state index is 12.6. The van der Waals surface area contributed by atoms with Crippen LogP contribution in [0.1, 0.15) is 42.0 Å². The van der Waals surface area contributed by atoms with Crippen molar-refractivity contribution < 1.29 is 9.53 Å². The molecule has 1 heterocycles. The molecule has 0 spiro atoms. The third-order valence-electron chi connectivity index (χ3n) is 4.40. The zero-order valence-corrected chi connectivity index (χ0v) is 16.6. The number of amides is 1. The van der Waals surface area contributed by atoms with Crippen molar-refractivity contribution in [3.05, 3.63) is 59.4 Å². The highest BCUT2D eigenvalue weighted by Crippen LogP contribution is 2.20. The average Bonchev–Trinajstić information content (AvgIpc) is 3.09. The van der Waals surface area contributed by atoms with Crippen LogP contribution in [0.15, 0.2) is 42.5 Å². The van der Waals surface area contributed by atoms with E-state index in [1.165, 1.54) is 0 Å². The standard InChI is InChI=1S/C21H25N5O2/c1-14(2)11-12-28-19-9-6-17(7-10-19)21(27)22-18-8-5-15(3)20(13-18)26-16(4)23-24-25-26/h5-10,13-14H,11-12H2,1-4H3,(H,22,27). The van der Waals surface area contributed by atoms with Crippen LogP contribution in [-0.4, -0.2) is 32.7 Å². The minimum atomic E-state index is -0.183. The SMILES string of the molecule is Cc1ccc(NC(=O)c2ccc(OCCC(C)C)cc2)cc1-n1nnnc1C. The molecule has 1 amide bonds. The number of carbonyl (C=O) groups excluding carboxylic acids is 1. The number of aryl methyl sites for hydroxylation is 2. The first-order valence-corrected chi connectivity index (χ1v) is 9.34. The molecule has 3 aromatic rings. The van der Waals surface area contributed by atoms with Gasteiger partial charge in [0.1, 0.15) is 5.75 Å². The maximum absolute atomic E-state index is 12.6. The molecule has 28 heavy (non-hydrogen) atoms. The molecule has 146 valence electrons. The van der Waals surface area contributed by atoms with Crippen molar-refractivity contribution in [1.29, 1.82) is 0 Å². The summed E-state index contributed by atoms with van der Waals surface area (Å²) in [5, 5.41) is 14.5. The molecule has 0 fully saturated rings. The number of anilines is 1. The maximum Gasteiger partial charge on any atom is 0.255 e. The Morgan fingerprint density at radius 3 is 2.54 bits per heavy atom. The van der Waals surface area contributed by atoms with Crippen molar-refractivity contribution in [3.63, 3.8) is 0 Å². The quantitative estimate of drug-likeness (QED) is 0.672. The Kier molecular flexibility index (Phi) is 6.03. The van der Waals surface area contributed by atoms with Gasteiger partial charge in [-0.05, 0) is 78.6 Å². The second kappa shape index (κ2) is 8.65. The largest absolute Gasteiger partial charge is 0.494 e. The van der Waals surface area contributed by atoms with Crippen molar-refractivity contribution in [1.82, 2.24) is 20.2 Å². The number of hydrogen-bond acceptors (Lipinski definition) is 5. The summed E-state index contributed by atoms with van der Waals surface area (Å²) in [7, 11) is 0. The smallest absolute Gasteiger partial charge is 0.255 e. The summed E-state index contributed by atoms with van der Waals surface area (Å²) in [4.78, 5) is 12.6. The number of hydrogen-bond donors (Lipinski definition) is 1. The third kappa shape index (κ3) is 4.73. The Morgan fingerprint density at radius 2 is 1.89 bits per heavy atom. The Bertz CT molecular complexity index is 948. The molecule has 0 atom stereocenters. The van der Waals surface area contributed by atoms with Gasteiger partial charge < -0.3 is 10.1 Å². The van der Waals surface area contributed by atoms with E-state index in [4.69, 9.17) is 4.74 Å². The molecule has 0 saturated carbocycles. The van der Waals surface area contributed by atoms with Crippen LogP contribution in [-0.2, 0) is 0 Å². The Morgan fingerprint density at radius 1 is 1.14 bits per heavy atom. The van der Waals surface area contributed by atoms with Gasteiger partial charge in [-0.2, -0.15) is 4.68 Å². The summed E-state index contributed by atoms with van der Waals surface area (Å²) in [6, 6.07) is 12.8. The number of carbonyl (C=O) groups is 1. The van der Waals surface area contributed by atoms with Gasteiger partial charge in [-0.25, -0.2) is 0 Å². The minimum absolute atomic E-state index is 0.183. The van der Waals surface area contributed by atoms with Crippen molar-refractivity contribution in [2.75, 3.05) is 11.9 Å². The van der Waals surface area contributed by atoms with Crippen LogP contribution < -0.4 is 10.1 Å². The lowest BCUT2D eigenvalue weighted by Gasteiger charge is -2.11. The molecule has 7 nitrogen and oxygen atoms in total. The lowest BCUT2D eigenvalue weighted by molar-refractivity contribution is 0.102. The van der Waals surface area contributed by atoms with Gasteiger partial charge in [0.15, 0.2) is 5.82 Å². The molecule has 1 aromatic heterocycles. The van der Waals surface area contributed by atoms with Crippen LogP contribution in [0.4, 0.5) is 5.69 Å². The minimum Gasteiger partial charge on any atom is -0.494 e. The summed E-state index contributed by atoms with van der Waals surface area (Å²) in [5.74, 6) is 1.86. The number of nitrogens with one attached hydrogen (secondary N) is 1. The zero-order chi connectivity index (χ0) is 20.1. The van der Waals surface area contributed by atoms with E-state index in [2.05, 4.69) is 34.7 Å². The molecule has 7 heteroatoms. The molecule has 2 aromatic carbocycles. The molecular formula is C21H25N5O2. The van der Waals surface area contributed by atoms with Crippen LogP contribution in [0.25, 0.3) is 5.69 Å². The summed E-state index contributed by atoms with van der Waals surface area (Å²) < 4.78 is 7.35. The molecule has 0 unspecified atom stereocenters. The van der Waals surface area contributed by atoms with Gasteiger partial charge in [0.2, 0.25) is 0 Å². The number of ether oxygens (including phenoxy) is 1. The predicted octanol–water partition coefficient (Wildman–Crippen LogP) is 3.96. The zero-order valence-electron chi connectivity index (χ0n) is 16.6. The van der Waals surface area contributed by atoms with Crippen molar-refractivity contribution >= 4 is 11.6 Å². The third-order valence-corrected chi connectivity index (χ3v) is 4.40. The van der Waals surface area contributed by atoms with E-state index in [9.17, 15) is 4.79 Å². The predicted molar refractivity (Wildman–Crippen MR) is 108 cm³/mol. The highest BCUT2D eigenvalue weighted by Gasteiger charge is 2.11. The Balaban J connectivity index is 1.69. The molecule has 0 aliphatic carbocycles. The Hall–Kier alpha value is -3.22. The number of rotatable bonds is 7. The summed E-state index contributed by atoms with van der Waals surface area (Å²) >= 11 is 0. The lowest BCUT2D eigenvalue weighted by Crippen LogP contribution is -2.12. The van der Waals surface area contributed by atoms with E-state index in [1.54, 1.807) is 16.8 Å². The number of benzene rings is 2. The van der Waals surface area contributed by atoms with Crippen LogP contribution in [0.3, 0.4) is 0 Å². The highest BCUT2D eigenvalue weighted by atomic mass is 16.5. The number of nitrogens with zero attached hydrogens (tertiary/aromatic N) is 4. The molecule has 0 aliphatic heterocycles. The first-order valence-electron chi connectivity index (χ1n) is 9.34. The molecule has 1 N–H and O–H groups in total. The van der Waals surface area contributed by atoms with E-state index in [1.807, 2.05) is 44.2 Å². The Labute approximate surface area is 164 Å². The molecule has 0 bridgehead atoms. The van der Waals surface area contributed by atoms with E-state index >= 15 is 0 Å². The van der Waals surface area contributed by atoms with Gasteiger partial charge >= 0.3 is 0 Å². The fraction of sp³-hybridized carbons (Fsp3) is 0.333. The summed E-state index contributed by atoms with van der Waals surface area (Å²) in [6.45, 7) is 8.80.